The fourth-order valence-electron chi connectivity index (χ4n) is 10.5. The summed E-state index contributed by atoms with van der Waals surface area (Å²) < 4.78 is 75.0. The van der Waals surface area contributed by atoms with Gasteiger partial charge in [0, 0.05) is 60.6 Å². The highest BCUT2D eigenvalue weighted by atomic mass is 32.2. The van der Waals surface area contributed by atoms with Crippen LogP contribution in [-0.4, -0.2) is 78.4 Å². The molecule has 65 heavy (non-hydrogen) atoms. The van der Waals surface area contributed by atoms with Crippen molar-refractivity contribution in [3.05, 3.63) is 139 Å². The predicted molar refractivity (Wildman–Crippen MR) is 235 cm³/mol. The van der Waals surface area contributed by atoms with E-state index in [0.717, 1.165) is 33.9 Å². The summed E-state index contributed by atoms with van der Waals surface area (Å²) in [4.78, 5) is 47.1. The maximum absolute atomic E-state index is 16.2. The summed E-state index contributed by atoms with van der Waals surface area (Å²) in [7, 11) is -3.62. The number of nitrogens with zero attached hydrogens (tertiary/aromatic N) is 7. The Hall–Kier alpha value is -6.60. The number of carbonyl (C=O) groups is 1. The number of imidazole rings is 1. The average molecular weight is 906 g/mol. The second-order valence-corrected chi connectivity index (χ2v) is 19.7. The first kappa shape index (κ1) is 41.1. The number of benzene rings is 3. The third-order valence-electron chi connectivity index (χ3n) is 14.0. The molecular weight excluding hydrogens is 861 g/mol. The summed E-state index contributed by atoms with van der Waals surface area (Å²) in [6.07, 6.45) is 5.53. The molecule has 3 aliphatic heterocycles. The molecule has 2 N–H and O–H groups in total. The van der Waals surface area contributed by atoms with Gasteiger partial charge >= 0.3 is 11.4 Å². The quantitative estimate of drug-likeness (QED) is 0.192. The van der Waals surface area contributed by atoms with Crippen LogP contribution in [0.1, 0.15) is 94.9 Å². The minimum Gasteiger partial charge on any atom is -0.381 e. The maximum atomic E-state index is 16.2. The molecule has 1 saturated carbocycles. The highest BCUT2D eigenvalue weighted by Gasteiger charge is 2.59. The first-order valence-electron chi connectivity index (χ1n) is 21.8. The average Bonchev–Trinajstić information content (AvgIpc) is 3.77. The maximum Gasteiger partial charge on any atom is 0.438 e. The number of rotatable bonds is 7. The van der Waals surface area contributed by atoms with E-state index in [1.807, 2.05) is 30.5 Å². The van der Waals surface area contributed by atoms with E-state index in [2.05, 4.69) is 27.0 Å². The minimum absolute atomic E-state index is 0.0152. The highest BCUT2D eigenvalue weighted by Crippen LogP contribution is 2.56. The Labute approximate surface area is 370 Å². The van der Waals surface area contributed by atoms with E-state index >= 15 is 13.6 Å². The van der Waals surface area contributed by atoms with E-state index in [0.29, 0.717) is 77.4 Å². The number of H-pyrrole nitrogens is 1. The van der Waals surface area contributed by atoms with Crippen molar-refractivity contribution in [3.63, 3.8) is 0 Å². The topological polar surface area (TPSA) is 184 Å². The first-order chi connectivity index (χ1) is 31.1. The number of halogens is 2. The lowest BCUT2D eigenvalue weighted by molar-refractivity contribution is 0.0663. The molecular formula is C46H45F2N9O7S. The van der Waals surface area contributed by atoms with Gasteiger partial charge in [-0.05, 0) is 117 Å². The van der Waals surface area contributed by atoms with Gasteiger partial charge in [0.25, 0.3) is 5.91 Å². The fraction of sp³-hybridized carbons (Fsp3) is 0.370. The number of nitrogens with one attached hydrogen (secondary N) is 2. The molecule has 1 amide bonds. The number of ether oxygens (including phenoxy) is 1. The Bertz CT molecular complexity index is 3350. The predicted octanol–water partition coefficient (Wildman–Crippen LogP) is 6.07. The molecule has 4 aromatic heterocycles. The van der Waals surface area contributed by atoms with Gasteiger partial charge in [0.2, 0.25) is 10.0 Å². The Kier molecular flexibility index (Phi) is 9.31. The molecule has 16 nitrogen and oxygen atoms in total. The molecule has 4 aliphatic rings. The van der Waals surface area contributed by atoms with Crippen LogP contribution in [0.2, 0.25) is 0 Å². The number of hydrogen-bond donors (Lipinski definition) is 2. The van der Waals surface area contributed by atoms with E-state index in [9.17, 15) is 18.0 Å². The molecule has 0 spiro atoms. The van der Waals surface area contributed by atoms with Crippen molar-refractivity contribution in [1.82, 2.24) is 38.5 Å². The second-order valence-electron chi connectivity index (χ2n) is 17.9. The minimum atomic E-state index is -3.62. The number of aromatic amines is 1. The summed E-state index contributed by atoms with van der Waals surface area (Å²) in [5.74, 6) is -1.48. The van der Waals surface area contributed by atoms with E-state index in [1.165, 1.54) is 29.1 Å². The van der Waals surface area contributed by atoms with Crippen molar-refractivity contribution < 1.29 is 31.3 Å². The molecule has 1 saturated heterocycles. The molecule has 3 atom stereocenters. The van der Waals surface area contributed by atoms with Crippen molar-refractivity contribution >= 4 is 32.5 Å². The molecule has 0 radical (unpaired) electrons. The van der Waals surface area contributed by atoms with Gasteiger partial charge in [0.15, 0.2) is 11.6 Å². The van der Waals surface area contributed by atoms with Crippen molar-refractivity contribution in [3.8, 4) is 17.2 Å². The molecule has 1 aliphatic carbocycles. The molecule has 19 heteroatoms. The molecule has 0 unspecified atom stereocenters. The highest BCUT2D eigenvalue weighted by molar-refractivity contribution is 7.92. The molecule has 11 rings (SSSR count). The normalized spacial score (nSPS) is 21.6. The molecule has 2 fully saturated rings. The van der Waals surface area contributed by atoms with Gasteiger partial charge in [-0.2, -0.15) is 5.10 Å². The molecule has 7 heterocycles. The Balaban J connectivity index is 1.05. The zero-order valence-electron chi connectivity index (χ0n) is 36.0. The number of fused-ring (bicyclic) bond motifs is 3. The number of amides is 1. The summed E-state index contributed by atoms with van der Waals surface area (Å²) in [5, 5.41) is 10.0. The number of hydrogen-bond acceptors (Lipinski definition) is 9. The fourth-order valence-corrected chi connectivity index (χ4v) is 11.6. The van der Waals surface area contributed by atoms with Crippen LogP contribution in [-0.2, 0) is 33.1 Å². The number of carbonyl (C=O) groups excluding carboxylic acids is 1. The van der Waals surface area contributed by atoms with E-state index < -0.39 is 38.9 Å². The molecule has 7 aromatic rings. The lowest BCUT2D eigenvalue weighted by Gasteiger charge is -2.34. The van der Waals surface area contributed by atoms with Gasteiger partial charge in [-0.3, -0.25) is 28.2 Å². The second kappa shape index (κ2) is 14.7. The van der Waals surface area contributed by atoms with E-state index in [1.54, 1.807) is 35.6 Å². The van der Waals surface area contributed by atoms with Gasteiger partial charge in [-0.15, -0.1) is 0 Å². The van der Waals surface area contributed by atoms with Crippen LogP contribution in [0.25, 0.3) is 28.1 Å². The van der Waals surface area contributed by atoms with Gasteiger partial charge in [0.05, 0.1) is 34.6 Å². The van der Waals surface area contributed by atoms with Crippen LogP contribution in [0.3, 0.4) is 0 Å². The first-order valence-corrected chi connectivity index (χ1v) is 23.4. The Morgan fingerprint density at radius 1 is 0.938 bits per heavy atom. The Morgan fingerprint density at radius 3 is 2.38 bits per heavy atom. The van der Waals surface area contributed by atoms with Gasteiger partial charge in [-0.25, -0.2) is 31.5 Å². The summed E-state index contributed by atoms with van der Waals surface area (Å²) >= 11 is 0. The van der Waals surface area contributed by atoms with E-state index in [-0.39, 0.29) is 53.3 Å². The van der Waals surface area contributed by atoms with Gasteiger partial charge in [-0.1, -0.05) is 18.1 Å². The largest absolute Gasteiger partial charge is 0.438 e. The molecule has 0 bridgehead atoms. The van der Waals surface area contributed by atoms with Crippen LogP contribution in [0.4, 0.5) is 14.5 Å². The number of anilines is 1. The summed E-state index contributed by atoms with van der Waals surface area (Å²) in [6.45, 7) is 8.83. The van der Waals surface area contributed by atoms with Crippen LogP contribution < -0.4 is 16.2 Å². The summed E-state index contributed by atoms with van der Waals surface area (Å²) in [6, 6.07) is 13.6. The van der Waals surface area contributed by atoms with Crippen molar-refractivity contribution in [2.24, 2.45) is 5.92 Å². The van der Waals surface area contributed by atoms with Gasteiger partial charge < -0.3 is 14.2 Å². The van der Waals surface area contributed by atoms with Gasteiger partial charge in [0.1, 0.15) is 22.9 Å². The third kappa shape index (κ3) is 6.36. The van der Waals surface area contributed by atoms with Crippen LogP contribution in [0.15, 0.2) is 75.0 Å². The monoisotopic (exact) mass is 905 g/mol. The lowest BCUT2D eigenvalue weighted by Crippen LogP contribution is -2.41. The number of sulfonamides is 1. The van der Waals surface area contributed by atoms with Crippen LogP contribution >= 0.6 is 0 Å². The van der Waals surface area contributed by atoms with Crippen molar-refractivity contribution in [2.45, 2.75) is 77.3 Å². The standard InChI is InChI=1S/C46H45F2N9O7S/c1-24-19-31(20-25(2)39(24)47)57-41(55-15-14-54(45(55)60)36-8-6-33-32(40(36)48)12-18-65(61,62)52-33)38-27(4)53(13-9-34(38)50-57)42(58)37-22-30-21-29(28-10-16-63-17-11-28)5-7-35(30)56(37)46(23-26(46)3)43-49-44(59)64-51-43/h5-8,14-15,19-22,26-28,52H,9-13,16-18,23H2,1-4H3,(H,49,51,59)/t26-,27-,46-/m0/s1. The zero-order valence-corrected chi connectivity index (χ0v) is 36.8. The number of aryl methyl sites for hydroxylation is 2. The molecule has 3 aromatic carbocycles. The zero-order chi connectivity index (χ0) is 45.3. The van der Waals surface area contributed by atoms with Crippen molar-refractivity contribution in [2.75, 3.05) is 30.2 Å². The Morgan fingerprint density at radius 2 is 1.68 bits per heavy atom. The third-order valence-corrected chi connectivity index (χ3v) is 15.3. The van der Waals surface area contributed by atoms with Crippen LogP contribution in [0.5, 0.6) is 0 Å². The SMILES string of the molecule is Cc1cc(-n2nc3c(c2-n2ccn(-c4ccc5c(c4F)CCS(=O)(=O)N5)c2=O)[C@H](C)N(C(=O)c2cc4cc(C5CCOCC5)ccc4n2[C@@]2(c4noc(=O)[nH]4)C[C@@H]2C)CC3)cc(C)c1F. The summed E-state index contributed by atoms with van der Waals surface area (Å²) in [5.41, 5.74) is 3.43. The molecule has 336 valence electrons. The lowest BCUT2D eigenvalue weighted by atomic mass is 9.91. The number of aromatic nitrogens is 7. The van der Waals surface area contributed by atoms with E-state index in [4.69, 9.17) is 14.4 Å². The smallest absolute Gasteiger partial charge is 0.381 e. The van der Waals surface area contributed by atoms with Crippen LogP contribution in [0, 0.1) is 31.4 Å². The van der Waals surface area contributed by atoms with Crippen molar-refractivity contribution in [1.29, 1.82) is 0 Å².